The third-order valence-corrected chi connectivity index (χ3v) is 0.407. The number of rotatable bonds is 2. The molecule has 0 amide bonds. The van der Waals surface area contributed by atoms with E-state index in [0.717, 1.165) is 23.8 Å². The monoisotopic (exact) mass is 166 g/mol. The number of carbonyl (C=O) groups is 2. The summed E-state index contributed by atoms with van der Waals surface area (Å²) in [6, 6.07) is 0. The van der Waals surface area contributed by atoms with E-state index in [-0.39, 0.29) is 11.6 Å². The molecule has 0 spiro atoms. The molecule has 51 valence electrons. The third-order valence-electron chi connectivity index (χ3n) is 0.407. The number of hydrogen-bond acceptors (Lipinski definition) is 3. The topological polar surface area (TPSA) is 51.2 Å². The van der Waals surface area contributed by atoms with Gasteiger partial charge in [0.25, 0.3) is 0 Å². The number of hydrogen-bond donors (Lipinski definition) is 0. The van der Waals surface area contributed by atoms with Crippen molar-refractivity contribution in [2.24, 2.45) is 0 Å². The summed E-state index contributed by atoms with van der Waals surface area (Å²) in [6.45, 7) is 2.70. The summed E-state index contributed by atoms with van der Waals surface area (Å²) in [5.74, 6) is -0.375. The van der Waals surface area contributed by atoms with Crippen LogP contribution in [0.2, 0.25) is 0 Å². The molecular formula is C5H7O3V-. The molecule has 4 heteroatoms. The van der Waals surface area contributed by atoms with E-state index < -0.39 is 0 Å². The second-order valence-electron chi connectivity index (χ2n) is 1.37. The minimum absolute atomic E-state index is 0.187. The molecule has 3 nitrogen and oxygen atoms in total. The van der Waals surface area contributed by atoms with Crippen molar-refractivity contribution in [1.82, 2.24) is 0 Å². The molecule has 0 radical (unpaired) electrons. The van der Waals surface area contributed by atoms with E-state index in [0.29, 0.717) is 0 Å². The zero-order valence-electron chi connectivity index (χ0n) is 5.25. The van der Waals surface area contributed by atoms with Gasteiger partial charge in [-0.15, -0.1) is 0 Å². The van der Waals surface area contributed by atoms with Gasteiger partial charge in [-0.3, -0.25) is 6.42 Å². The molecule has 9 heavy (non-hydrogen) atoms. The Labute approximate surface area is 63.0 Å². The first-order valence-electron chi connectivity index (χ1n) is 2.17. The Morgan fingerprint density at radius 1 is 1.11 bits per heavy atom. The molecule has 0 aromatic heterocycles. The van der Waals surface area contributed by atoms with Gasteiger partial charge < -0.3 is 9.59 Å². The van der Waals surface area contributed by atoms with E-state index in [1.807, 2.05) is 0 Å². The Morgan fingerprint density at radius 2 is 1.33 bits per heavy atom. The van der Waals surface area contributed by atoms with Crippen LogP contribution in [0.1, 0.15) is 13.8 Å². The number of ketones is 2. The third kappa shape index (κ3) is 18.4. The standard InChI is InChI=1S/C5H7O2.O.V/c1-4(6)3-5(2)7;;/h3H,1-2H3;;/q-1;;. The van der Waals surface area contributed by atoms with Crippen molar-refractivity contribution >= 4 is 11.6 Å². The molecule has 0 aliphatic rings. The van der Waals surface area contributed by atoms with Crippen molar-refractivity contribution in [3.8, 4) is 0 Å². The van der Waals surface area contributed by atoms with E-state index in [4.69, 9.17) is 3.67 Å². The van der Waals surface area contributed by atoms with Crippen LogP contribution >= 0.6 is 0 Å². The van der Waals surface area contributed by atoms with Gasteiger partial charge in [0.2, 0.25) is 0 Å². The van der Waals surface area contributed by atoms with Crippen molar-refractivity contribution in [2.45, 2.75) is 13.8 Å². The first-order chi connectivity index (χ1) is 4.13. The maximum absolute atomic E-state index is 9.98. The summed E-state index contributed by atoms with van der Waals surface area (Å²) in [7, 11) is 0. The van der Waals surface area contributed by atoms with Crippen LogP contribution in [0.15, 0.2) is 0 Å². The van der Waals surface area contributed by atoms with Gasteiger partial charge in [-0.1, -0.05) is 0 Å². The Balaban J connectivity index is 0. The average Bonchev–Trinajstić information content (AvgIpc) is 1.68. The summed E-state index contributed by atoms with van der Waals surface area (Å²) in [5, 5.41) is 0. The molecule has 0 saturated carbocycles. The van der Waals surface area contributed by atoms with Crippen LogP contribution in [0.3, 0.4) is 0 Å². The van der Waals surface area contributed by atoms with E-state index in [9.17, 15) is 9.59 Å². The summed E-state index contributed by atoms with van der Waals surface area (Å²) in [4.78, 5) is 20.0. The predicted molar refractivity (Wildman–Crippen MR) is 26.3 cm³/mol. The molecule has 0 rings (SSSR count). The van der Waals surface area contributed by atoms with Crippen LogP contribution in [0.25, 0.3) is 0 Å². The van der Waals surface area contributed by atoms with Gasteiger partial charge in [-0.05, 0) is 13.8 Å². The molecule has 0 aliphatic carbocycles. The second kappa shape index (κ2) is 7.59. The summed E-state index contributed by atoms with van der Waals surface area (Å²) in [6.07, 6.45) is 1.06. The van der Waals surface area contributed by atoms with Crippen LogP contribution in [0.5, 0.6) is 0 Å². The van der Waals surface area contributed by atoms with Gasteiger partial charge in [-0.2, -0.15) is 0 Å². The molecule has 0 aliphatic heterocycles. The fraction of sp³-hybridized carbons (Fsp3) is 0.400. The number of Topliss-reactive ketones (excluding diaryl/α,β-unsaturated/α-hetero) is 2. The van der Waals surface area contributed by atoms with Crippen molar-refractivity contribution in [3.05, 3.63) is 6.42 Å². The van der Waals surface area contributed by atoms with Crippen molar-refractivity contribution in [2.75, 3.05) is 0 Å². The molecule has 0 bridgehead atoms. The minimum atomic E-state index is -0.187. The van der Waals surface area contributed by atoms with Gasteiger partial charge in [0.05, 0.1) is 0 Å². The van der Waals surface area contributed by atoms with E-state index in [1.165, 1.54) is 13.8 Å². The zero-order chi connectivity index (χ0) is 7.86. The van der Waals surface area contributed by atoms with E-state index in [2.05, 4.69) is 0 Å². The first-order valence-corrected chi connectivity index (χ1v) is 2.74. The molecular weight excluding hydrogens is 159 g/mol. The van der Waals surface area contributed by atoms with Crippen LogP contribution in [-0.4, -0.2) is 11.6 Å². The van der Waals surface area contributed by atoms with Gasteiger partial charge >= 0.3 is 21.0 Å². The van der Waals surface area contributed by atoms with Crippen molar-refractivity contribution < 1.29 is 30.6 Å². The normalized spacial score (nSPS) is 6.33. The Morgan fingerprint density at radius 3 is 1.33 bits per heavy atom. The molecule has 0 unspecified atom stereocenters. The van der Waals surface area contributed by atoms with E-state index in [1.54, 1.807) is 0 Å². The number of carbonyl (C=O) groups excluding carboxylic acids is 2. The maximum atomic E-state index is 9.98. The SMILES string of the molecule is CC(=O)[CH-]C(C)=O.[O]=[V]. The zero-order valence-corrected chi connectivity index (χ0v) is 6.65. The van der Waals surface area contributed by atoms with Crippen LogP contribution < -0.4 is 0 Å². The van der Waals surface area contributed by atoms with Crippen molar-refractivity contribution in [1.29, 1.82) is 0 Å². The quantitative estimate of drug-likeness (QED) is 0.436. The van der Waals surface area contributed by atoms with E-state index >= 15 is 0 Å². The second-order valence-corrected chi connectivity index (χ2v) is 1.37. The molecule has 0 aromatic rings. The molecule has 0 heterocycles. The van der Waals surface area contributed by atoms with Gasteiger partial charge in [-0.25, -0.2) is 0 Å². The molecule has 0 fully saturated rings. The summed E-state index contributed by atoms with van der Waals surface area (Å²) in [5.41, 5.74) is 0. The Bertz CT molecular complexity index is 98.8. The van der Waals surface area contributed by atoms with Crippen LogP contribution in [0, 0.1) is 6.42 Å². The predicted octanol–water partition coefficient (Wildman–Crippen LogP) is 0.247. The molecule has 0 N–H and O–H groups in total. The fourth-order valence-corrected chi connectivity index (χ4v) is 0.286. The van der Waals surface area contributed by atoms with Crippen molar-refractivity contribution in [3.63, 3.8) is 0 Å². The molecule has 0 atom stereocenters. The summed E-state index contributed by atoms with van der Waals surface area (Å²) >= 11 is 1.06. The Hall–Kier alpha value is -0.406. The first kappa shape index (κ1) is 11.4. The van der Waals surface area contributed by atoms with Gasteiger partial charge in [0.1, 0.15) is 0 Å². The van der Waals surface area contributed by atoms with Gasteiger partial charge in [0, 0.05) is 11.6 Å². The van der Waals surface area contributed by atoms with Crippen LogP contribution in [-0.2, 0) is 30.6 Å². The molecule has 0 saturated heterocycles. The molecule has 0 aromatic carbocycles. The van der Waals surface area contributed by atoms with Crippen LogP contribution in [0.4, 0.5) is 0 Å². The fourth-order valence-electron chi connectivity index (χ4n) is 0.286. The summed E-state index contributed by atoms with van der Waals surface area (Å²) < 4.78 is 8.19. The average molecular weight is 166 g/mol. The Kier molecular flexibility index (Phi) is 9.62. The van der Waals surface area contributed by atoms with Gasteiger partial charge in [0.15, 0.2) is 0 Å².